The molecule has 2 rings (SSSR count). The van der Waals surface area contributed by atoms with Crippen LogP contribution in [0, 0.1) is 0 Å². The van der Waals surface area contributed by atoms with Crippen molar-refractivity contribution in [1.82, 2.24) is 5.32 Å². The summed E-state index contributed by atoms with van der Waals surface area (Å²) in [5.41, 5.74) is 2.98. The number of anilines is 1. The topological polar surface area (TPSA) is 15.3 Å². The Morgan fingerprint density at radius 2 is 1.95 bits per heavy atom. The van der Waals surface area contributed by atoms with Gasteiger partial charge in [0.1, 0.15) is 0 Å². The molecule has 1 fully saturated rings. The first-order valence-corrected chi connectivity index (χ1v) is 7.88. The van der Waals surface area contributed by atoms with E-state index in [1.54, 1.807) is 0 Å². The van der Waals surface area contributed by atoms with Gasteiger partial charge in [0.05, 0.1) is 0 Å². The normalized spacial score (nSPS) is 23.6. The van der Waals surface area contributed by atoms with Gasteiger partial charge in [-0.05, 0) is 30.9 Å². The highest BCUT2D eigenvalue weighted by atomic mass is 15.2. The molecule has 2 nitrogen and oxygen atoms in total. The Morgan fingerprint density at radius 3 is 2.63 bits per heavy atom. The van der Waals surface area contributed by atoms with Crippen molar-refractivity contribution in [2.75, 3.05) is 18.0 Å². The largest absolute Gasteiger partial charge is 0.365 e. The lowest BCUT2D eigenvalue weighted by Gasteiger charge is -2.42. The molecule has 0 spiro atoms. The van der Waals surface area contributed by atoms with E-state index in [0.29, 0.717) is 12.1 Å². The van der Waals surface area contributed by atoms with Gasteiger partial charge in [-0.1, -0.05) is 45.4 Å². The van der Waals surface area contributed by atoms with Crippen LogP contribution < -0.4 is 10.2 Å². The Labute approximate surface area is 118 Å². The van der Waals surface area contributed by atoms with Crippen molar-refractivity contribution < 1.29 is 0 Å². The summed E-state index contributed by atoms with van der Waals surface area (Å²) in [6, 6.07) is 10.2. The molecule has 106 valence electrons. The molecule has 0 amide bonds. The second kappa shape index (κ2) is 6.95. The lowest BCUT2D eigenvalue weighted by molar-refractivity contribution is 0.378. The number of rotatable bonds is 5. The van der Waals surface area contributed by atoms with Crippen LogP contribution in [0.25, 0.3) is 0 Å². The summed E-state index contributed by atoms with van der Waals surface area (Å²) >= 11 is 0. The summed E-state index contributed by atoms with van der Waals surface area (Å²) in [6.45, 7) is 9.11. The van der Waals surface area contributed by atoms with E-state index in [2.05, 4.69) is 55.3 Å². The molecular weight excluding hydrogens is 232 g/mol. The molecule has 1 aromatic carbocycles. The number of nitrogens with one attached hydrogen (secondary N) is 1. The third kappa shape index (κ3) is 3.30. The zero-order chi connectivity index (χ0) is 13.7. The zero-order valence-electron chi connectivity index (χ0n) is 12.7. The highest BCUT2D eigenvalue weighted by Crippen LogP contribution is 2.27. The van der Waals surface area contributed by atoms with Crippen LogP contribution in [-0.4, -0.2) is 25.2 Å². The predicted molar refractivity (Wildman–Crippen MR) is 83.9 cm³/mol. The molecule has 1 aliphatic heterocycles. The van der Waals surface area contributed by atoms with E-state index in [1.165, 1.54) is 36.9 Å². The van der Waals surface area contributed by atoms with Crippen molar-refractivity contribution in [3.8, 4) is 0 Å². The standard InChI is InChI=1S/C17H28N2/c1-4-9-14-10-7-8-11-17(14)19-13-15(5-2)18-12-16(19)6-3/h7-8,10-11,15-16,18H,4-6,9,12-13H2,1-3H3. The van der Waals surface area contributed by atoms with Gasteiger partial charge >= 0.3 is 0 Å². The summed E-state index contributed by atoms with van der Waals surface area (Å²) in [5.74, 6) is 0. The van der Waals surface area contributed by atoms with E-state index in [0.717, 1.165) is 13.1 Å². The quantitative estimate of drug-likeness (QED) is 0.870. The van der Waals surface area contributed by atoms with Crippen LogP contribution in [0.5, 0.6) is 0 Å². The molecule has 0 aliphatic carbocycles. The van der Waals surface area contributed by atoms with Gasteiger partial charge in [0.25, 0.3) is 0 Å². The molecule has 1 saturated heterocycles. The van der Waals surface area contributed by atoms with Gasteiger partial charge in [-0.3, -0.25) is 0 Å². The van der Waals surface area contributed by atoms with Crippen LogP contribution in [0.15, 0.2) is 24.3 Å². The molecule has 2 atom stereocenters. The maximum Gasteiger partial charge on any atom is 0.0412 e. The number of aryl methyl sites for hydroxylation is 1. The van der Waals surface area contributed by atoms with Gasteiger partial charge in [-0.2, -0.15) is 0 Å². The van der Waals surface area contributed by atoms with Gasteiger partial charge in [0.15, 0.2) is 0 Å². The van der Waals surface area contributed by atoms with Gasteiger partial charge in [-0.25, -0.2) is 0 Å². The fraction of sp³-hybridized carbons (Fsp3) is 0.647. The molecule has 1 aliphatic rings. The summed E-state index contributed by atoms with van der Waals surface area (Å²) in [6.07, 6.45) is 4.83. The lowest BCUT2D eigenvalue weighted by atomic mass is 10.0. The minimum absolute atomic E-state index is 0.637. The van der Waals surface area contributed by atoms with Crippen LogP contribution >= 0.6 is 0 Å². The summed E-state index contributed by atoms with van der Waals surface area (Å²) in [7, 11) is 0. The third-order valence-electron chi connectivity index (χ3n) is 4.28. The Morgan fingerprint density at radius 1 is 1.16 bits per heavy atom. The molecule has 0 aromatic heterocycles. The SMILES string of the molecule is CCCc1ccccc1N1CC(CC)NCC1CC. The molecule has 1 aromatic rings. The second-order valence-corrected chi connectivity index (χ2v) is 5.61. The van der Waals surface area contributed by atoms with Crippen LogP contribution in [0.3, 0.4) is 0 Å². The van der Waals surface area contributed by atoms with Gasteiger partial charge in [0, 0.05) is 30.9 Å². The van der Waals surface area contributed by atoms with Crippen LogP contribution in [-0.2, 0) is 6.42 Å². The van der Waals surface area contributed by atoms with E-state index in [1.807, 2.05) is 0 Å². The number of para-hydroxylation sites is 1. The lowest BCUT2D eigenvalue weighted by Crippen LogP contribution is -2.56. The molecular formula is C17H28N2. The molecule has 2 heteroatoms. The van der Waals surface area contributed by atoms with Crippen molar-refractivity contribution in [3.05, 3.63) is 29.8 Å². The fourth-order valence-corrected chi connectivity index (χ4v) is 3.07. The molecule has 0 bridgehead atoms. The number of nitrogens with zero attached hydrogens (tertiary/aromatic N) is 1. The van der Waals surface area contributed by atoms with Crippen molar-refractivity contribution in [2.24, 2.45) is 0 Å². The molecule has 0 radical (unpaired) electrons. The zero-order valence-corrected chi connectivity index (χ0v) is 12.7. The van der Waals surface area contributed by atoms with Gasteiger partial charge < -0.3 is 10.2 Å². The number of hydrogen-bond acceptors (Lipinski definition) is 2. The maximum absolute atomic E-state index is 3.68. The minimum atomic E-state index is 0.637. The van der Waals surface area contributed by atoms with Crippen LogP contribution in [0.4, 0.5) is 5.69 Å². The summed E-state index contributed by atoms with van der Waals surface area (Å²) in [4.78, 5) is 2.65. The molecule has 2 unspecified atom stereocenters. The van der Waals surface area contributed by atoms with Crippen LogP contribution in [0.1, 0.15) is 45.6 Å². The predicted octanol–water partition coefficient (Wildman–Crippen LogP) is 3.61. The van der Waals surface area contributed by atoms with Gasteiger partial charge in [0.2, 0.25) is 0 Å². The average molecular weight is 260 g/mol. The van der Waals surface area contributed by atoms with E-state index < -0.39 is 0 Å². The Bertz CT molecular complexity index is 389. The second-order valence-electron chi connectivity index (χ2n) is 5.61. The first kappa shape index (κ1) is 14.4. The number of piperazine rings is 1. The monoisotopic (exact) mass is 260 g/mol. The highest BCUT2D eigenvalue weighted by molar-refractivity contribution is 5.55. The maximum atomic E-state index is 3.68. The molecule has 1 heterocycles. The van der Waals surface area contributed by atoms with E-state index >= 15 is 0 Å². The van der Waals surface area contributed by atoms with Crippen molar-refractivity contribution in [2.45, 2.75) is 58.5 Å². The average Bonchev–Trinajstić information content (AvgIpc) is 2.47. The summed E-state index contributed by atoms with van der Waals surface area (Å²) in [5, 5.41) is 3.68. The van der Waals surface area contributed by atoms with Gasteiger partial charge in [-0.15, -0.1) is 0 Å². The van der Waals surface area contributed by atoms with Crippen LogP contribution in [0.2, 0.25) is 0 Å². The first-order valence-electron chi connectivity index (χ1n) is 7.88. The third-order valence-corrected chi connectivity index (χ3v) is 4.28. The van der Waals surface area contributed by atoms with Crippen molar-refractivity contribution in [3.63, 3.8) is 0 Å². The van der Waals surface area contributed by atoms with Crippen molar-refractivity contribution in [1.29, 1.82) is 0 Å². The Balaban J connectivity index is 2.25. The number of benzene rings is 1. The minimum Gasteiger partial charge on any atom is -0.365 e. The smallest absolute Gasteiger partial charge is 0.0412 e. The Kier molecular flexibility index (Phi) is 5.26. The summed E-state index contributed by atoms with van der Waals surface area (Å²) < 4.78 is 0. The highest BCUT2D eigenvalue weighted by Gasteiger charge is 2.26. The number of hydrogen-bond donors (Lipinski definition) is 1. The molecule has 1 N–H and O–H groups in total. The Hall–Kier alpha value is -1.02. The van der Waals surface area contributed by atoms with Crippen molar-refractivity contribution >= 4 is 5.69 Å². The van der Waals surface area contributed by atoms with E-state index in [4.69, 9.17) is 0 Å². The first-order chi connectivity index (χ1) is 9.30. The van der Waals surface area contributed by atoms with E-state index in [9.17, 15) is 0 Å². The fourth-order valence-electron chi connectivity index (χ4n) is 3.07. The molecule has 19 heavy (non-hydrogen) atoms. The molecule has 0 saturated carbocycles. The van der Waals surface area contributed by atoms with E-state index in [-0.39, 0.29) is 0 Å².